The topological polar surface area (TPSA) is 68.0 Å². The Morgan fingerprint density at radius 1 is 1.42 bits per heavy atom. The predicted octanol–water partition coefficient (Wildman–Crippen LogP) is 3.03. The molecule has 0 saturated carbocycles. The lowest BCUT2D eigenvalue weighted by atomic mass is 9.87. The van der Waals surface area contributed by atoms with E-state index in [9.17, 15) is 4.79 Å². The van der Waals surface area contributed by atoms with Crippen LogP contribution in [0.5, 0.6) is 0 Å². The number of amides is 1. The summed E-state index contributed by atoms with van der Waals surface area (Å²) in [6.45, 7) is 5.84. The molecule has 0 aliphatic carbocycles. The molecule has 1 aromatic carbocycles. The van der Waals surface area contributed by atoms with Crippen molar-refractivity contribution in [3.05, 3.63) is 23.7 Å². The minimum atomic E-state index is -0.533. The van der Waals surface area contributed by atoms with Crippen LogP contribution in [-0.2, 0) is 4.79 Å². The number of fused-ring (bicyclic) bond motifs is 1. The van der Waals surface area contributed by atoms with E-state index in [0.717, 1.165) is 15.9 Å². The number of anilines is 1. The van der Waals surface area contributed by atoms with E-state index in [1.165, 1.54) is 0 Å². The Bertz CT molecular complexity index is 577. The van der Waals surface area contributed by atoms with E-state index >= 15 is 0 Å². The monoisotopic (exact) mass is 299 g/mol. The molecule has 0 aliphatic rings. The zero-order valence-corrected chi connectivity index (χ0v) is 12.8. The van der Waals surface area contributed by atoms with Gasteiger partial charge in [0.15, 0.2) is 0 Å². The number of hydrogen-bond donors (Lipinski definition) is 2. The molecule has 0 bridgehead atoms. The van der Waals surface area contributed by atoms with Gasteiger partial charge in [-0.25, -0.2) is 4.98 Å². The SMILES string of the molecule is CC(C)(C)[C@H](N)C(=O)Nc1ccc2ncsc2c1.Cl. The Morgan fingerprint density at radius 3 is 2.74 bits per heavy atom. The van der Waals surface area contributed by atoms with Crippen molar-refractivity contribution in [2.24, 2.45) is 11.1 Å². The van der Waals surface area contributed by atoms with Crippen molar-refractivity contribution in [2.45, 2.75) is 26.8 Å². The van der Waals surface area contributed by atoms with E-state index in [4.69, 9.17) is 5.73 Å². The van der Waals surface area contributed by atoms with Gasteiger partial charge in [-0.1, -0.05) is 20.8 Å². The predicted molar refractivity (Wildman–Crippen MR) is 82.9 cm³/mol. The first kappa shape index (κ1) is 15.9. The Hall–Kier alpha value is -1.17. The molecule has 0 aliphatic heterocycles. The van der Waals surface area contributed by atoms with Gasteiger partial charge in [0, 0.05) is 5.69 Å². The van der Waals surface area contributed by atoms with Crippen LogP contribution in [0.15, 0.2) is 23.7 Å². The van der Waals surface area contributed by atoms with Gasteiger partial charge in [-0.3, -0.25) is 4.79 Å². The first-order valence-electron chi connectivity index (χ1n) is 5.77. The summed E-state index contributed by atoms with van der Waals surface area (Å²) in [5, 5.41) is 2.85. The number of nitrogens with two attached hydrogens (primary N) is 1. The maximum atomic E-state index is 12.0. The quantitative estimate of drug-likeness (QED) is 0.895. The van der Waals surface area contributed by atoms with Crippen molar-refractivity contribution in [3.8, 4) is 0 Å². The molecule has 0 radical (unpaired) electrons. The molecular formula is C13H18ClN3OS. The zero-order valence-electron chi connectivity index (χ0n) is 11.1. The molecule has 1 amide bonds. The minimum Gasteiger partial charge on any atom is -0.325 e. The van der Waals surface area contributed by atoms with E-state index in [0.29, 0.717) is 0 Å². The van der Waals surface area contributed by atoms with Crippen LogP contribution in [0.3, 0.4) is 0 Å². The average molecular weight is 300 g/mol. The minimum absolute atomic E-state index is 0. The maximum absolute atomic E-state index is 12.0. The number of nitrogens with zero attached hydrogens (tertiary/aromatic N) is 1. The normalized spacial score (nSPS) is 12.8. The molecule has 0 saturated heterocycles. The smallest absolute Gasteiger partial charge is 0.241 e. The first-order valence-corrected chi connectivity index (χ1v) is 6.65. The summed E-state index contributed by atoms with van der Waals surface area (Å²) >= 11 is 1.55. The number of carbonyl (C=O) groups is 1. The third-order valence-electron chi connectivity index (χ3n) is 2.81. The lowest BCUT2D eigenvalue weighted by Gasteiger charge is -2.25. The fourth-order valence-corrected chi connectivity index (χ4v) is 2.26. The second-order valence-corrected chi connectivity index (χ2v) is 6.25. The van der Waals surface area contributed by atoms with Crippen LogP contribution in [0.25, 0.3) is 10.2 Å². The van der Waals surface area contributed by atoms with Crippen LogP contribution in [-0.4, -0.2) is 16.9 Å². The summed E-state index contributed by atoms with van der Waals surface area (Å²) in [6, 6.07) is 5.12. The third kappa shape index (κ3) is 3.65. The highest BCUT2D eigenvalue weighted by Gasteiger charge is 2.27. The van der Waals surface area contributed by atoms with Crippen LogP contribution in [0, 0.1) is 5.41 Å². The van der Waals surface area contributed by atoms with Gasteiger partial charge in [-0.2, -0.15) is 0 Å². The number of rotatable bonds is 2. The maximum Gasteiger partial charge on any atom is 0.241 e. The Morgan fingerprint density at radius 2 is 2.11 bits per heavy atom. The van der Waals surface area contributed by atoms with Crippen LogP contribution >= 0.6 is 23.7 Å². The fourth-order valence-electron chi connectivity index (χ4n) is 1.55. The van der Waals surface area contributed by atoms with Gasteiger partial charge in [0.2, 0.25) is 5.91 Å². The summed E-state index contributed by atoms with van der Waals surface area (Å²) in [5.74, 6) is -0.161. The highest BCUT2D eigenvalue weighted by atomic mass is 35.5. The molecule has 0 fully saturated rings. The van der Waals surface area contributed by atoms with Crippen LogP contribution in [0.4, 0.5) is 5.69 Å². The van der Waals surface area contributed by atoms with Gasteiger partial charge >= 0.3 is 0 Å². The van der Waals surface area contributed by atoms with Crippen molar-refractivity contribution < 1.29 is 4.79 Å². The lowest BCUT2D eigenvalue weighted by molar-refractivity contribution is -0.119. The molecule has 2 aromatic rings. The second kappa shape index (κ2) is 5.86. The number of thiazole rings is 1. The molecule has 1 heterocycles. The van der Waals surface area contributed by atoms with Crippen molar-refractivity contribution in [1.29, 1.82) is 0 Å². The van der Waals surface area contributed by atoms with Gasteiger partial charge in [0.05, 0.1) is 21.8 Å². The number of benzene rings is 1. The number of carbonyl (C=O) groups excluding carboxylic acids is 1. The number of aromatic nitrogens is 1. The van der Waals surface area contributed by atoms with Gasteiger partial charge in [0.1, 0.15) is 0 Å². The van der Waals surface area contributed by atoms with E-state index in [1.807, 2.05) is 39.0 Å². The Balaban J connectivity index is 0.00000180. The van der Waals surface area contributed by atoms with Crippen LogP contribution < -0.4 is 11.1 Å². The zero-order chi connectivity index (χ0) is 13.3. The Labute approximate surface area is 122 Å². The molecule has 3 N–H and O–H groups in total. The highest BCUT2D eigenvalue weighted by molar-refractivity contribution is 7.16. The number of hydrogen-bond acceptors (Lipinski definition) is 4. The molecular weight excluding hydrogens is 282 g/mol. The second-order valence-electron chi connectivity index (χ2n) is 5.37. The van der Waals surface area contributed by atoms with E-state index in [2.05, 4.69) is 10.3 Å². The van der Waals surface area contributed by atoms with Crippen LogP contribution in [0.2, 0.25) is 0 Å². The summed E-state index contributed by atoms with van der Waals surface area (Å²) in [6.07, 6.45) is 0. The molecule has 104 valence electrons. The number of halogens is 1. The first-order chi connectivity index (χ1) is 8.38. The van der Waals surface area contributed by atoms with Gasteiger partial charge in [-0.15, -0.1) is 23.7 Å². The molecule has 0 unspecified atom stereocenters. The molecule has 1 aromatic heterocycles. The van der Waals surface area contributed by atoms with Crippen LogP contribution in [0.1, 0.15) is 20.8 Å². The van der Waals surface area contributed by atoms with Gasteiger partial charge in [-0.05, 0) is 23.6 Å². The summed E-state index contributed by atoms with van der Waals surface area (Å²) in [7, 11) is 0. The molecule has 19 heavy (non-hydrogen) atoms. The van der Waals surface area contributed by atoms with E-state index in [-0.39, 0.29) is 23.7 Å². The van der Waals surface area contributed by atoms with E-state index in [1.54, 1.807) is 16.8 Å². The number of nitrogens with one attached hydrogen (secondary N) is 1. The molecule has 6 heteroatoms. The van der Waals surface area contributed by atoms with Crippen molar-refractivity contribution in [1.82, 2.24) is 4.98 Å². The van der Waals surface area contributed by atoms with Crippen molar-refractivity contribution >= 4 is 45.6 Å². The molecule has 2 rings (SSSR count). The van der Waals surface area contributed by atoms with Crippen molar-refractivity contribution in [3.63, 3.8) is 0 Å². The van der Waals surface area contributed by atoms with Crippen molar-refractivity contribution in [2.75, 3.05) is 5.32 Å². The fraction of sp³-hybridized carbons (Fsp3) is 0.385. The average Bonchev–Trinajstić information content (AvgIpc) is 2.73. The lowest BCUT2D eigenvalue weighted by Crippen LogP contribution is -2.45. The molecule has 1 atom stereocenters. The standard InChI is InChI=1S/C13H17N3OS.ClH/c1-13(2,3)11(14)12(17)16-8-4-5-9-10(6-8)18-7-15-9;/h4-7,11H,14H2,1-3H3,(H,16,17);1H/t11-;/m1./s1. The molecule has 4 nitrogen and oxygen atoms in total. The Kier molecular flexibility index (Phi) is 4.90. The van der Waals surface area contributed by atoms with Gasteiger partial charge < -0.3 is 11.1 Å². The third-order valence-corrected chi connectivity index (χ3v) is 3.61. The summed E-state index contributed by atoms with van der Waals surface area (Å²) in [5.41, 5.74) is 9.15. The largest absolute Gasteiger partial charge is 0.325 e. The van der Waals surface area contributed by atoms with Gasteiger partial charge in [0.25, 0.3) is 0 Å². The van der Waals surface area contributed by atoms with E-state index < -0.39 is 6.04 Å². The summed E-state index contributed by atoms with van der Waals surface area (Å²) in [4.78, 5) is 16.2. The molecule has 0 spiro atoms. The summed E-state index contributed by atoms with van der Waals surface area (Å²) < 4.78 is 1.05. The highest BCUT2D eigenvalue weighted by Crippen LogP contribution is 2.23.